The number of carbonyl (C=O) groups is 1. The number of nitrogens with zero attached hydrogens (tertiary/aromatic N) is 4. The van der Waals surface area contributed by atoms with Gasteiger partial charge in [0.05, 0.1) is 33.0 Å². The Morgan fingerprint density at radius 2 is 1.40 bits per heavy atom. The molecule has 11 nitrogen and oxygen atoms in total. The molecule has 2 aromatic rings. The number of benzene rings is 1. The molecule has 1 aromatic heterocycles. The SMILES string of the molecule is CO[Si](CCCNCC(=O)NCCCCCCCCCCCCNc1ccc(/N=N/c2n(C)cc[n+]2C)cc1)(OC)OC. The van der Waals surface area contributed by atoms with Gasteiger partial charge in [0, 0.05) is 51.3 Å². The van der Waals surface area contributed by atoms with Crippen molar-refractivity contribution in [3.05, 3.63) is 36.7 Å². The summed E-state index contributed by atoms with van der Waals surface area (Å²) in [5.74, 6) is 0.859. The van der Waals surface area contributed by atoms with Gasteiger partial charge < -0.3 is 29.2 Å². The number of imidazole rings is 1. The fraction of sp³-hybridized carbons (Fsp3) is 0.677. The van der Waals surface area contributed by atoms with Crippen molar-refractivity contribution in [2.45, 2.75) is 76.7 Å². The number of azo groups is 1. The molecule has 0 saturated carbocycles. The molecular weight excluding hydrogens is 562 g/mol. The highest BCUT2D eigenvalue weighted by molar-refractivity contribution is 6.60. The second-order valence-corrected chi connectivity index (χ2v) is 14.0. The molecule has 0 fully saturated rings. The molecule has 1 aromatic carbocycles. The number of aryl methyl sites for hydroxylation is 2. The Labute approximate surface area is 260 Å². The van der Waals surface area contributed by atoms with E-state index in [-0.39, 0.29) is 5.91 Å². The summed E-state index contributed by atoms with van der Waals surface area (Å²) in [4.78, 5) is 12.0. The van der Waals surface area contributed by atoms with Gasteiger partial charge in [0.15, 0.2) is 0 Å². The number of aromatic nitrogens is 2. The maximum atomic E-state index is 12.0. The first-order valence-corrected chi connectivity index (χ1v) is 17.8. The van der Waals surface area contributed by atoms with E-state index < -0.39 is 8.80 Å². The first-order valence-electron chi connectivity index (χ1n) is 15.8. The highest BCUT2D eigenvalue weighted by Gasteiger charge is 2.36. The quantitative estimate of drug-likeness (QED) is 0.0582. The second kappa shape index (κ2) is 22.0. The van der Waals surface area contributed by atoms with Crippen molar-refractivity contribution in [2.24, 2.45) is 24.3 Å². The Kier molecular flexibility index (Phi) is 18.7. The molecule has 3 N–H and O–H groups in total. The molecule has 0 unspecified atom stereocenters. The number of hydrogen-bond donors (Lipinski definition) is 3. The monoisotopic (exact) mass is 618 g/mol. The van der Waals surface area contributed by atoms with Crippen LogP contribution in [0.2, 0.25) is 6.04 Å². The van der Waals surface area contributed by atoms with E-state index in [1.54, 1.807) is 21.3 Å². The minimum Gasteiger partial charge on any atom is -0.385 e. The zero-order chi connectivity index (χ0) is 31.2. The predicted molar refractivity (Wildman–Crippen MR) is 174 cm³/mol. The Morgan fingerprint density at radius 1 is 0.814 bits per heavy atom. The minimum atomic E-state index is -2.52. The molecule has 0 radical (unpaired) electrons. The Morgan fingerprint density at radius 3 is 1.95 bits per heavy atom. The lowest BCUT2D eigenvalue weighted by atomic mass is 10.1. The summed E-state index contributed by atoms with van der Waals surface area (Å²) in [5, 5.41) is 18.4. The average Bonchev–Trinajstić information content (AvgIpc) is 3.35. The van der Waals surface area contributed by atoms with Crippen LogP contribution in [-0.2, 0) is 32.2 Å². The highest BCUT2D eigenvalue weighted by atomic mass is 28.4. The van der Waals surface area contributed by atoms with Crippen LogP contribution in [0.4, 0.5) is 17.3 Å². The fourth-order valence-corrected chi connectivity index (χ4v) is 6.57. The normalized spacial score (nSPS) is 11.8. The van der Waals surface area contributed by atoms with Crippen LogP contribution >= 0.6 is 0 Å². The molecular formula is C31H56N7O4Si+. The van der Waals surface area contributed by atoms with E-state index >= 15 is 0 Å². The number of anilines is 1. The van der Waals surface area contributed by atoms with Gasteiger partial charge in [-0.15, -0.1) is 0 Å². The Balaban J connectivity index is 1.35. The van der Waals surface area contributed by atoms with Gasteiger partial charge in [0.25, 0.3) is 0 Å². The summed E-state index contributed by atoms with van der Waals surface area (Å²) in [7, 11) is 6.25. The van der Waals surface area contributed by atoms with Gasteiger partial charge in [0.2, 0.25) is 5.91 Å². The fourth-order valence-electron chi connectivity index (χ4n) is 4.85. The van der Waals surface area contributed by atoms with Gasteiger partial charge in [-0.25, -0.2) is 9.13 Å². The highest BCUT2D eigenvalue weighted by Crippen LogP contribution is 2.19. The van der Waals surface area contributed by atoms with E-state index in [9.17, 15) is 4.79 Å². The summed E-state index contributed by atoms with van der Waals surface area (Å²) in [6.07, 6.45) is 17.2. The van der Waals surface area contributed by atoms with Crippen LogP contribution in [0.3, 0.4) is 0 Å². The molecule has 0 spiro atoms. The van der Waals surface area contributed by atoms with Crippen LogP contribution in [0.1, 0.15) is 70.6 Å². The Hall–Kier alpha value is -2.64. The first-order chi connectivity index (χ1) is 20.9. The number of hydrogen-bond acceptors (Lipinski definition) is 8. The largest absolute Gasteiger partial charge is 0.500 e. The third-order valence-corrected chi connectivity index (χ3v) is 10.4. The summed E-state index contributed by atoms with van der Waals surface area (Å²) >= 11 is 0. The molecule has 1 amide bonds. The van der Waals surface area contributed by atoms with Crippen molar-refractivity contribution < 1.29 is 22.6 Å². The zero-order valence-electron chi connectivity index (χ0n) is 27.2. The molecule has 0 atom stereocenters. The topological polar surface area (TPSA) is 114 Å². The minimum absolute atomic E-state index is 0.0537. The lowest BCUT2D eigenvalue weighted by Gasteiger charge is -2.24. The standard InChI is InChI=1S/C31H55N7O4Si/c1-37-24-25-38(2)31(37)36-35-29-19-17-28(18-20-29)33-22-14-12-10-8-6-7-9-11-13-15-23-34-30(39)27-32-21-16-26-43(40-3,41-4)42-5/h17-20,24-25,32H,6-16,21-23,26-27H2,1-5H3,(H,34,39)/p+1. The van der Waals surface area contributed by atoms with Crippen LogP contribution in [0.15, 0.2) is 46.9 Å². The van der Waals surface area contributed by atoms with Crippen LogP contribution in [-0.4, -0.2) is 66.8 Å². The number of amides is 1. The molecule has 0 aliphatic rings. The zero-order valence-corrected chi connectivity index (χ0v) is 28.2. The number of nitrogens with one attached hydrogen (secondary N) is 3. The summed E-state index contributed by atoms with van der Waals surface area (Å²) in [6, 6.07) is 8.84. The van der Waals surface area contributed by atoms with Crippen molar-refractivity contribution in [3.8, 4) is 0 Å². The van der Waals surface area contributed by atoms with Crippen molar-refractivity contribution in [3.63, 3.8) is 0 Å². The van der Waals surface area contributed by atoms with Crippen molar-refractivity contribution in [1.82, 2.24) is 15.2 Å². The summed E-state index contributed by atoms with van der Waals surface area (Å²) < 4.78 is 20.1. The predicted octanol–water partition coefficient (Wildman–Crippen LogP) is 5.55. The third-order valence-electron chi connectivity index (χ3n) is 7.58. The average molecular weight is 619 g/mol. The number of rotatable bonds is 25. The first kappa shape index (κ1) is 36.5. The molecule has 43 heavy (non-hydrogen) atoms. The van der Waals surface area contributed by atoms with Gasteiger partial charge in [-0.1, -0.05) is 56.5 Å². The van der Waals surface area contributed by atoms with Gasteiger partial charge in [-0.05, 0) is 50.1 Å². The van der Waals surface area contributed by atoms with Crippen molar-refractivity contribution >= 4 is 32.0 Å². The molecule has 12 heteroatoms. The van der Waals surface area contributed by atoms with E-state index in [0.29, 0.717) is 6.54 Å². The van der Waals surface area contributed by atoms with E-state index in [1.807, 2.05) is 47.8 Å². The van der Waals surface area contributed by atoms with Gasteiger partial charge in [0.1, 0.15) is 5.69 Å². The second-order valence-electron chi connectivity index (χ2n) is 11.0. The van der Waals surface area contributed by atoms with E-state index in [4.69, 9.17) is 13.3 Å². The number of carbonyl (C=O) groups excluding carboxylic acids is 1. The van der Waals surface area contributed by atoms with Crippen molar-refractivity contribution in [2.75, 3.05) is 52.8 Å². The smallest absolute Gasteiger partial charge is 0.385 e. The molecule has 242 valence electrons. The Bertz CT molecular complexity index is 1020. The summed E-state index contributed by atoms with van der Waals surface area (Å²) in [5.41, 5.74) is 1.97. The van der Waals surface area contributed by atoms with E-state index in [2.05, 4.69) is 38.3 Å². The van der Waals surface area contributed by atoms with Gasteiger partial charge >= 0.3 is 14.8 Å². The van der Waals surface area contributed by atoms with Crippen LogP contribution in [0, 0.1) is 0 Å². The molecule has 1 heterocycles. The maximum absolute atomic E-state index is 12.0. The van der Waals surface area contributed by atoms with Crippen LogP contribution in [0.25, 0.3) is 0 Å². The van der Waals surface area contributed by atoms with Crippen molar-refractivity contribution in [1.29, 1.82) is 0 Å². The number of unbranched alkanes of at least 4 members (excludes halogenated alkanes) is 9. The third kappa shape index (κ3) is 15.1. The molecule has 0 saturated heterocycles. The van der Waals surface area contributed by atoms with Crippen LogP contribution in [0.5, 0.6) is 0 Å². The molecule has 2 rings (SSSR count). The van der Waals surface area contributed by atoms with Gasteiger partial charge in [-0.3, -0.25) is 4.79 Å². The summed E-state index contributed by atoms with van der Waals surface area (Å²) in [6.45, 7) is 2.82. The molecule has 0 bridgehead atoms. The van der Waals surface area contributed by atoms with Gasteiger partial charge in [-0.2, -0.15) is 0 Å². The molecule has 0 aliphatic heterocycles. The van der Waals surface area contributed by atoms with Crippen LogP contribution < -0.4 is 20.5 Å². The molecule has 0 aliphatic carbocycles. The lowest BCUT2D eigenvalue weighted by Crippen LogP contribution is -2.43. The van der Waals surface area contributed by atoms with E-state index in [0.717, 1.165) is 55.8 Å². The van der Waals surface area contributed by atoms with E-state index in [1.165, 1.54) is 57.8 Å². The lowest BCUT2D eigenvalue weighted by molar-refractivity contribution is -0.657. The maximum Gasteiger partial charge on any atom is 0.500 e.